The van der Waals surface area contributed by atoms with Crippen LogP contribution >= 0.6 is 0 Å². The Morgan fingerprint density at radius 1 is 1.11 bits per heavy atom. The zero-order valence-electron chi connectivity index (χ0n) is 16.0. The van der Waals surface area contributed by atoms with Crippen LogP contribution in [0.5, 0.6) is 11.5 Å². The number of ether oxygens (including phenoxy) is 1. The highest BCUT2D eigenvalue weighted by Crippen LogP contribution is 2.37. The van der Waals surface area contributed by atoms with Crippen LogP contribution in [0.4, 0.5) is 5.69 Å². The van der Waals surface area contributed by atoms with Gasteiger partial charge in [0.1, 0.15) is 11.5 Å². The second kappa shape index (κ2) is 6.81. The normalized spacial score (nSPS) is 18.3. The summed E-state index contributed by atoms with van der Waals surface area (Å²) >= 11 is 0. The quantitative estimate of drug-likeness (QED) is 0.790. The van der Waals surface area contributed by atoms with Crippen molar-refractivity contribution in [3.05, 3.63) is 42.7 Å². The fraction of sp³-hybridized carbons (Fsp3) is 0.389. The van der Waals surface area contributed by atoms with Crippen LogP contribution in [-0.4, -0.2) is 38.0 Å². The lowest BCUT2D eigenvalue weighted by atomic mass is 9.78. The molecule has 0 amide bonds. The minimum atomic E-state index is -3.42. The molecule has 1 aromatic heterocycles. The van der Waals surface area contributed by atoms with Gasteiger partial charge in [-0.3, -0.25) is 9.71 Å². The van der Waals surface area contributed by atoms with Crippen molar-refractivity contribution in [2.75, 3.05) is 11.0 Å². The molecule has 1 aliphatic heterocycles. The molecule has 1 aliphatic rings. The summed E-state index contributed by atoms with van der Waals surface area (Å²) in [4.78, 5) is 4.04. The first-order valence-electron chi connectivity index (χ1n) is 8.52. The van der Waals surface area contributed by atoms with Crippen LogP contribution in [0.25, 0.3) is 0 Å². The molecule has 9 heteroatoms. The summed E-state index contributed by atoms with van der Waals surface area (Å²) in [6.07, 6.45) is 4.35. The molecule has 0 radical (unpaired) electrons. The van der Waals surface area contributed by atoms with Crippen molar-refractivity contribution >= 4 is 28.3 Å². The summed E-state index contributed by atoms with van der Waals surface area (Å²) in [5.74, 6) is 1.06. The zero-order chi connectivity index (χ0) is 19.9. The second-order valence-electron chi connectivity index (χ2n) is 7.51. The van der Waals surface area contributed by atoms with Gasteiger partial charge in [-0.15, -0.1) is 0 Å². The molecule has 1 fully saturated rings. The Balaban J connectivity index is 2.01. The van der Waals surface area contributed by atoms with Gasteiger partial charge in [-0.2, -0.15) is 0 Å². The molecule has 7 nitrogen and oxygen atoms in total. The Bertz CT molecular complexity index is 916. The molecule has 2 heterocycles. The van der Waals surface area contributed by atoms with E-state index in [1.54, 1.807) is 42.7 Å². The van der Waals surface area contributed by atoms with Crippen LogP contribution < -0.4 is 14.9 Å². The van der Waals surface area contributed by atoms with E-state index in [2.05, 4.69) is 9.71 Å². The fourth-order valence-electron chi connectivity index (χ4n) is 2.61. The molecular formula is C18H23BN2O5S. The van der Waals surface area contributed by atoms with E-state index in [1.807, 2.05) is 27.7 Å². The first kappa shape index (κ1) is 19.7. The van der Waals surface area contributed by atoms with Gasteiger partial charge < -0.3 is 14.0 Å². The topological polar surface area (TPSA) is 86.8 Å². The first-order chi connectivity index (χ1) is 12.5. The highest BCUT2D eigenvalue weighted by molar-refractivity contribution is 7.92. The fourth-order valence-corrected chi connectivity index (χ4v) is 3.16. The average Bonchev–Trinajstić information content (AvgIpc) is 2.76. The molecule has 0 spiro atoms. The lowest BCUT2D eigenvalue weighted by molar-refractivity contribution is 0.00578. The highest BCUT2D eigenvalue weighted by Gasteiger charge is 2.52. The van der Waals surface area contributed by atoms with E-state index >= 15 is 0 Å². The molecule has 0 aliphatic carbocycles. The van der Waals surface area contributed by atoms with Gasteiger partial charge in [0.05, 0.1) is 23.7 Å². The van der Waals surface area contributed by atoms with Gasteiger partial charge in [-0.25, -0.2) is 8.42 Å². The summed E-state index contributed by atoms with van der Waals surface area (Å²) in [6, 6.07) is 8.52. The van der Waals surface area contributed by atoms with Gasteiger partial charge in [0.25, 0.3) is 0 Å². The Kier molecular flexibility index (Phi) is 4.96. The van der Waals surface area contributed by atoms with Crippen molar-refractivity contribution in [3.63, 3.8) is 0 Å². The Labute approximate surface area is 160 Å². The number of pyridine rings is 1. The van der Waals surface area contributed by atoms with Crippen LogP contribution in [0, 0.1) is 0 Å². The molecule has 0 bridgehead atoms. The van der Waals surface area contributed by atoms with E-state index in [4.69, 9.17) is 14.0 Å². The standard InChI is InChI=1S/C18H23BN2O5S/c1-17(2)18(3,4)26-19(25-17)15-11-13(21-27(5,22)23)8-9-16(15)24-14-7-6-10-20-12-14/h6-12,21H,1-5H3. The van der Waals surface area contributed by atoms with Crippen LogP contribution in [0.3, 0.4) is 0 Å². The highest BCUT2D eigenvalue weighted by atomic mass is 32.2. The minimum absolute atomic E-state index is 0.403. The van der Waals surface area contributed by atoms with Gasteiger partial charge in [0.15, 0.2) is 0 Å². The van der Waals surface area contributed by atoms with Crippen LogP contribution in [0.1, 0.15) is 27.7 Å². The number of rotatable bonds is 5. The smallest absolute Gasteiger partial charge is 0.456 e. The van der Waals surface area contributed by atoms with E-state index in [1.165, 1.54) is 0 Å². The van der Waals surface area contributed by atoms with Crippen molar-refractivity contribution in [1.29, 1.82) is 0 Å². The van der Waals surface area contributed by atoms with Gasteiger partial charge in [0, 0.05) is 17.3 Å². The Morgan fingerprint density at radius 2 is 1.78 bits per heavy atom. The number of anilines is 1. The lowest BCUT2D eigenvalue weighted by Gasteiger charge is -2.32. The van der Waals surface area contributed by atoms with Crippen molar-refractivity contribution in [1.82, 2.24) is 4.98 Å². The number of nitrogens with one attached hydrogen (secondary N) is 1. The Hall–Kier alpha value is -2.10. The third kappa shape index (κ3) is 4.43. The lowest BCUT2D eigenvalue weighted by Crippen LogP contribution is -2.41. The van der Waals surface area contributed by atoms with Crippen molar-refractivity contribution < 1.29 is 22.5 Å². The maximum absolute atomic E-state index is 11.6. The summed E-state index contributed by atoms with van der Waals surface area (Å²) in [5, 5.41) is 0. The maximum Gasteiger partial charge on any atom is 0.498 e. The Morgan fingerprint density at radius 3 is 2.33 bits per heavy atom. The molecule has 1 saturated heterocycles. The van der Waals surface area contributed by atoms with Crippen molar-refractivity contribution in [2.45, 2.75) is 38.9 Å². The van der Waals surface area contributed by atoms with Gasteiger partial charge in [-0.05, 0) is 58.0 Å². The summed E-state index contributed by atoms with van der Waals surface area (Å²) in [5.41, 5.74) is -0.0839. The predicted octanol–water partition coefficient (Wildman–Crippen LogP) is 2.54. The van der Waals surface area contributed by atoms with Crippen LogP contribution in [0.15, 0.2) is 42.7 Å². The van der Waals surface area contributed by atoms with Crippen molar-refractivity contribution in [3.8, 4) is 11.5 Å². The molecule has 1 aromatic carbocycles. The molecule has 144 valence electrons. The second-order valence-corrected chi connectivity index (χ2v) is 9.25. The summed E-state index contributed by atoms with van der Waals surface area (Å²) < 4.78 is 43.9. The molecule has 0 unspecified atom stereocenters. The predicted molar refractivity (Wildman–Crippen MR) is 105 cm³/mol. The van der Waals surface area contributed by atoms with Gasteiger partial charge in [0.2, 0.25) is 10.0 Å². The van der Waals surface area contributed by atoms with E-state index in [9.17, 15) is 8.42 Å². The van der Waals surface area contributed by atoms with Gasteiger partial charge >= 0.3 is 7.12 Å². The van der Waals surface area contributed by atoms with E-state index < -0.39 is 28.3 Å². The third-order valence-corrected chi connectivity index (χ3v) is 5.29. The zero-order valence-corrected chi connectivity index (χ0v) is 16.8. The van der Waals surface area contributed by atoms with E-state index in [0.717, 1.165) is 6.26 Å². The molecular weight excluding hydrogens is 367 g/mol. The van der Waals surface area contributed by atoms with Crippen LogP contribution in [-0.2, 0) is 19.3 Å². The SMILES string of the molecule is CC1(C)OB(c2cc(NS(C)(=O)=O)ccc2Oc2cccnc2)OC1(C)C. The molecule has 3 rings (SSSR count). The number of hydrogen-bond acceptors (Lipinski definition) is 6. The van der Waals surface area contributed by atoms with Crippen molar-refractivity contribution in [2.24, 2.45) is 0 Å². The summed E-state index contributed by atoms with van der Waals surface area (Å²) in [6.45, 7) is 7.81. The minimum Gasteiger partial charge on any atom is -0.456 e. The average molecular weight is 390 g/mol. The number of sulfonamides is 1. The molecule has 27 heavy (non-hydrogen) atoms. The third-order valence-electron chi connectivity index (χ3n) is 4.68. The monoisotopic (exact) mass is 390 g/mol. The number of nitrogens with zero attached hydrogens (tertiary/aromatic N) is 1. The molecule has 1 N–H and O–H groups in total. The van der Waals surface area contributed by atoms with Gasteiger partial charge in [-0.1, -0.05) is 0 Å². The maximum atomic E-state index is 11.6. The molecule has 0 saturated carbocycles. The molecule has 0 atom stereocenters. The molecule has 2 aromatic rings. The number of benzene rings is 1. The number of hydrogen-bond donors (Lipinski definition) is 1. The summed E-state index contributed by atoms with van der Waals surface area (Å²) in [7, 11) is -4.12. The van der Waals surface area contributed by atoms with Crippen LogP contribution in [0.2, 0.25) is 0 Å². The number of aromatic nitrogens is 1. The van der Waals surface area contributed by atoms with E-state index in [-0.39, 0.29) is 0 Å². The largest absolute Gasteiger partial charge is 0.498 e. The van der Waals surface area contributed by atoms with E-state index in [0.29, 0.717) is 22.6 Å². The first-order valence-corrected chi connectivity index (χ1v) is 10.4.